The molecule has 0 aliphatic carbocycles. The Morgan fingerprint density at radius 1 is 1.29 bits per heavy atom. The van der Waals surface area contributed by atoms with E-state index < -0.39 is 5.91 Å². The van der Waals surface area contributed by atoms with E-state index >= 15 is 0 Å². The normalized spacial score (nSPS) is 11.6. The maximum Gasteiger partial charge on any atom is 0.252 e. The van der Waals surface area contributed by atoms with E-state index in [1.54, 1.807) is 43.3 Å². The third-order valence-electron chi connectivity index (χ3n) is 4.34. The lowest BCUT2D eigenvalue weighted by molar-refractivity contribution is 0.0998. The molecule has 0 bridgehead atoms. The molecule has 0 saturated heterocycles. The molecule has 0 radical (unpaired) electrons. The lowest BCUT2D eigenvalue weighted by Crippen LogP contribution is -2.14. The summed E-state index contributed by atoms with van der Waals surface area (Å²) < 4.78 is 12.4. The Hall–Kier alpha value is -3.85. The fourth-order valence-corrected chi connectivity index (χ4v) is 3.73. The number of hydrogen-bond donors (Lipinski definition) is 2. The van der Waals surface area contributed by atoms with E-state index in [1.165, 1.54) is 23.5 Å². The highest BCUT2D eigenvalue weighted by Gasteiger charge is 2.14. The van der Waals surface area contributed by atoms with Crippen LogP contribution in [0.15, 0.2) is 64.5 Å². The van der Waals surface area contributed by atoms with Crippen LogP contribution in [0, 0.1) is 0 Å². The van der Waals surface area contributed by atoms with Gasteiger partial charge in [0.05, 0.1) is 38.2 Å². The second-order valence-corrected chi connectivity index (χ2v) is 7.10. The molecule has 1 aromatic heterocycles. The van der Waals surface area contributed by atoms with Gasteiger partial charge in [-0.2, -0.15) is 5.10 Å². The second-order valence-electron chi connectivity index (χ2n) is 6.27. The first-order valence-electron chi connectivity index (χ1n) is 9.20. The number of ether oxygens (including phenoxy) is 2. The molecule has 0 fully saturated rings. The number of aromatic nitrogens is 1. The molecule has 3 aromatic rings. The van der Waals surface area contributed by atoms with Gasteiger partial charge in [0, 0.05) is 16.5 Å². The number of thiazole rings is 1. The first-order chi connectivity index (χ1) is 15.0. The molecule has 3 N–H and O–H groups in total. The number of benzene rings is 2. The van der Waals surface area contributed by atoms with Gasteiger partial charge in [0.2, 0.25) is 4.80 Å². The van der Waals surface area contributed by atoms with Crippen LogP contribution in [0.25, 0.3) is 11.3 Å². The molecule has 9 heteroatoms. The maximum absolute atomic E-state index is 11.7. The molecule has 0 aliphatic heterocycles. The first kappa shape index (κ1) is 21.8. The van der Waals surface area contributed by atoms with Crippen molar-refractivity contribution in [1.82, 2.24) is 4.68 Å². The number of nitrogens with two attached hydrogens (primary N) is 1. The van der Waals surface area contributed by atoms with Crippen LogP contribution >= 0.6 is 11.3 Å². The minimum absolute atomic E-state index is 0.0262. The van der Waals surface area contributed by atoms with E-state index in [2.05, 4.69) is 16.7 Å². The summed E-state index contributed by atoms with van der Waals surface area (Å²) in [6, 6.07) is 10.1. The fourth-order valence-electron chi connectivity index (χ4n) is 2.89. The van der Waals surface area contributed by atoms with Crippen LogP contribution in [0.1, 0.15) is 15.9 Å². The van der Waals surface area contributed by atoms with E-state index in [4.69, 9.17) is 15.2 Å². The number of rotatable bonds is 8. The zero-order valence-corrected chi connectivity index (χ0v) is 17.9. The summed E-state index contributed by atoms with van der Waals surface area (Å²) in [7, 11) is 3.13. The number of methoxy groups -OCH3 is 2. The molecule has 31 heavy (non-hydrogen) atoms. The highest BCUT2D eigenvalue weighted by molar-refractivity contribution is 7.07. The molecule has 0 spiro atoms. The Morgan fingerprint density at radius 3 is 2.77 bits per heavy atom. The predicted octanol–water partition coefficient (Wildman–Crippen LogP) is 3.01. The van der Waals surface area contributed by atoms with Crippen LogP contribution in [0.5, 0.6) is 17.2 Å². The van der Waals surface area contributed by atoms with E-state index in [0.717, 1.165) is 0 Å². The number of carbonyl (C=O) groups excluding carboxylic acids is 1. The molecule has 1 amide bonds. The van der Waals surface area contributed by atoms with Crippen molar-refractivity contribution in [3.63, 3.8) is 0 Å². The van der Waals surface area contributed by atoms with Gasteiger partial charge in [-0.3, -0.25) is 9.79 Å². The van der Waals surface area contributed by atoms with Crippen molar-refractivity contribution in [1.29, 1.82) is 0 Å². The fraction of sp³-hybridized carbons (Fsp3) is 0.136. The molecule has 160 valence electrons. The first-order valence-corrected chi connectivity index (χ1v) is 10.1. The highest BCUT2D eigenvalue weighted by Crippen LogP contribution is 2.30. The van der Waals surface area contributed by atoms with Crippen molar-refractivity contribution in [2.45, 2.75) is 0 Å². The van der Waals surface area contributed by atoms with Crippen LogP contribution in [0.2, 0.25) is 0 Å². The molecule has 8 nitrogen and oxygen atoms in total. The monoisotopic (exact) mass is 438 g/mol. The third-order valence-corrected chi connectivity index (χ3v) is 5.20. The highest BCUT2D eigenvalue weighted by atomic mass is 32.1. The SMILES string of the molecule is C=CCN=c1scc(-c2ccc(O)c(C(N)=O)c2)n1N=Cc1cccc(OC)c1OC. The van der Waals surface area contributed by atoms with E-state index in [1.807, 2.05) is 17.5 Å². The van der Waals surface area contributed by atoms with E-state index in [9.17, 15) is 9.90 Å². The largest absolute Gasteiger partial charge is 0.507 e. The van der Waals surface area contributed by atoms with E-state index in [0.29, 0.717) is 39.7 Å². The molecule has 3 rings (SSSR count). The third kappa shape index (κ3) is 4.67. The maximum atomic E-state index is 11.7. The van der Waals surface area contributed by atoms with Crippen LogP contribution in [0.4, 0.5) is 0 Å². The van der Waals surface area contributed by atoms with E-state index in [-0.39, 0.29) is 11.3 Å². The average Bonchev–Trinajstić information content (AvgIpc) is 3.18. The quantitative estimate of drug-likeness (QED) is 0.416. The summed E-state index contributed by atoms with van der Waals surface area (Å²) in [5.74, 6) is 0.237. The molecule has 0 aliphatic rings. The average molecular weight is 439 g/mol. The molecule has 2 aromatic carbocycles. The number of primary amides is 1. The van der Waals surface area contributed by atoms with Crippen molar-refractivity contribution in [2.75, 3.05) is 20.8 Å². The topological polar surface area (TPSA) is 111 Å². The van der Waals surface area contributed by atoms with Gasteiger partial charge in [-0.1, -0.05) is 12.1 Å². The van der Waals surface area contributed by atoms with Gasteiger partial charge >= 0.3 is 0 Å². The van der Waals surface area contributed by atoms with Gasteiger partial charge in [0.25, 0.3) is 5.91 Å². The van der Waals surface area contributed by atoms with Crippen LogP contribution in [-0.4, -0.2) is 42.7 Å². The number of carbonyl (C=O) groups is 1. The van der Waals surface area contributed by atoms with Gasteiger partial charge in [0.15, 0.2) is 11.5 Å². The standard InChI is InChI=1S/C22H22N4O4S/c1-4-10-24-22-26(25-12-15-6-5-7-19(29-2)20(15)30-3)17(13-31-22)14-8-9-18(27)16(11-14)21(23)28/h4-9,11-13,27H,1,10H2,2-3H3,(H2,23,28). The molecule has 0 atom stereocenters. The number of para-hydroxylation sites is 1. The van der Waals surface area contributed by atoms with Crippen molar-refractivity contribution in [3.05, 3.63) is 70.4 Å². The number of hydrogen-bond acceptors (Lipinski definition) is 7. The smallest absolute Gasteiger partial charge is 0.252 e. The van der Waals surface area contributed by atoms with Crippen molar-refractivity contribution in [3.8, 4) is 28.5 Å². The Morgan fingerprint density at radius 2 is 2.10 bits per heavy atom. The Bertz CT molecular complexity index is 1210. The number of amides is 1. The Kier molecular flexibility index (Phi) is 6.88. The summed E-state index contributed by atoms with van der Waals surface area (Å²) >= 11 is 1.38. The van der Waals surface area contributed by atoms with Crippen molar-refractivity contribution < 1.29 is 19.4 Å². The zero-order chi connectivity index (χ0) is 22.4. The van der Waals surface area contributed by atoms with Crippen LogP contribution in [0.3, 0.4) is 0 Å². The van der Waals surface area contributed by atoms with Gasteiger partial charge in [0.1, 0.15) is 5.75 Å². The Balaban J connectivity index is 2.15. The molecular weight excluding hydrogens is 416 g/mol. The summed E-state index contributed by atoms with van der Waals surface area (Å²) in [5, 5.41) is 16.4. The van der Waals surface area contributed by atoms with Gasteiger partial charge in [-0.05, 0) is 30.3 Å². The molecule has 0 saturated carbocycles. The summed E-state index contributed by atoms with van der Waals surface area (Å²) in [4.78, 5) is 16.8. The summed E-state index contributed by atoms with van der Waals surface area (Å²) in [6.45, 7) is 4.12. The number of nitrogens with zero attached hydrogens (tertiary/aromatic N) is 3. The van der Waals surface area contributed by atoms with Crippen LogP contribution in [-0.2, 0) is 0 Å². The summed E-state index contributed by atoms with van der Waals surface area (Å²) in [6.07, 6.45) is 3.32. The molecular formula is C22H22N4O4S. The van der Waals surface area contributed by atoms with Gasteiger partial charge < -0.3 is 20.3 Å². The minimum Gasteiger partial charge on any atom is -0.507 e. The second kappa shape index (κ2) is 9.77. The van der Waals surface area contributed by atoms with Gasteiger partial charge in [-0.25, -0.2) is 4.68 Å². The number of aromatic hydroxyl groups is 1. The summed E-state index contributed by atoms with van der Waals surface area (Å²) in [5.41, 5.74) is 7.44. The predicted molar refractivity (Wildman–Crippen MR) is 121 cm³/mol. The van der Waals surface area contributed by atoms with Crippen molar-refractivity contribution >= 4 is 23.5 Å². The number of phenols is 1. The molecule has 1 heterocycles. The molecule has 0 unspecified atom stereocenters. The van der Waals surface area contributed by atoms with Crippen LogP contribution < -0.4 is 20.0 Å². The lowest BCUT2D eigenvalue weighted by Gasteiger charge is -2.10. The van der Waals surface area contributed by atoms with Crippen molar-refractivity contribution in [2.24, 2.45) is 15.8 Å². The Labute approximate surface area is 183 Å². The van der Waals surface area contributed by atoms with Gasteiger partial charge in [-0.15, -0.1) is 17.9 Å². The zero-order valence-electron chi connectivity index (χ0n) is 17.1. The lowest BCUT2D eigenvalue weighted by atomic mass is 10.1. The minimum atomic E-state index is -0.720.